The van der Waals surface area contributed by atoms with E-state index in [0.717, 1.165) is 22.6 Å². The molecule has 4 rings (SSSR count). The Labute approximate surface area is 186 Å². The van der Waals surface area contributed by atoms with Gasteiger partial charge in [-0.25, -0.2) is 0 Å². The third-order valence-electron chi connectivity index (χ3n) is 4.59. The van der Waals surface area contributed by atoms with Gasteiger partial charge in [0.2, 0.25) is 0 Å². The third-order valence-corrected chi connectivity index (χ3v) is 4.59. The van der Waals surface area contributed by atoms with E-state index in [1.165, 1.54) is 10.9 Å². The summed E-state index contributed by atoms with van der Waals surface area (Å²) in [6, 6.07) is 18.3. The van der Waals surface area contributed by atoms with Gasteiger partial charge in [0.05, 0.1) is 13.7 Å². The molecule has 0 aliphatic heterocycles. The number of pyridine rings is 1. The van der Waals surface area contributed by atoms with Gasteiger partial charge in [-0.1, -0.05) is 24.3 Å². The van der Waals surface area contributed by atoms with Crippen molar-refractivity contribution in [2.24, 2.45) is 4.99 Å². The maximum atomic E-state index is 5.28. The number of nitrogens with zero attached hydrogens (tertiary/aromatic N) is 4. The molecule has 29 heavy (non-hydrogen) atoms. The minimum atomic E-state index is 0. The van der Waals surface area contributed by atoms with Gasteiger partial charge in [0.1, 0.15) is 5.75 Å². The van der Waals surface area contributed by atoms with Gasteiger partial charge in [-0.15, -0.1) is 34.2 Å². The minimum Gasteiger partial charge on any atom is -0.497 e. The quantitative estimate of drug-likeness (QED) is 0.249. The van der Waals surface area contributed by atoms with Gasteiger partial charge in [0, 0.05) is 19.8 Å². The Hall–Kier alpha value is -2.88. The predicted molar refractivity (Wildman–Crippen MR) is 126 cm³/mol. The summed E-state index contributed by atoms with van der Waals surface area (Å²) in [7, 11) is 3.43. The zero-order valence-electron chi connectivity index (χ0n) is 16.3. The van der Waals surface area contributed by atoms with Crippen LogP contribution in [0.4, 0.5) is 0 Å². The molecule has 8 heteroatoms. The summed E-state index contributed by atoms with van der Waals surface area (Å²) in [6.07, 6.45) is 1.95. The zero-order valence-corrected chi connectivity index (χ0v) is 18.6. The maximum Gasteiger partial charge on any atom is 0.191 e. The lowest BCUT2D eigenvalue weighted by Crippen LogP contribution is -2.36. The molecule has 2 aromatic carbocycles. The molecule has 4 aromatic rings. The van der Waals surface area contributed by atoms with Crippen molar-refractivity contribution in [2.75, 3.05) is 14.2 Å². The number of methoxy groups -OCH3 is 1. The van der Waals surface area contributed by atoms with Crippen molar-refractivity contribution >= 4 is 46.4 Å². The van der Waals surface area contributed by atoms with Gasteiger partial charge >= 0.3 is 0 Å². The fraction of sp³-hybridized carbons (Fsp3) is 0.190. The minimum absolute atomic E-state index is 0. The van der Waals surface area contributed by atoms with E-state index in [2.05, 4.69) is 50.1 Å². The summed E-state index contributed by atoms with van der Waals surface area (Å²) in [6.45, 7) is 1.20. The Morgan fingerprint density at radius 3 is 2.62 bits per heavy atom. The Morgan fingerprint density at radius 2 is 1.79 bits per heavy atom. The van der Waals surface area contributed by atoms with Crippen LogP contribution in [0, 0.1) is 0 Å². The summed E-state index contributed by atoms with van der Waals surface area (Å²) < 4.78 is 7.24. The number of hydrogen-bond donors (Lipinski definition) is 2. The molecule has 7 nitrogen and oxygen atoms in total. The van der Waals surface area contributed by atoms with Crippen LogP contribution in [-0.2, 0) is 13.1 Å². The molecule has 2 N–H and O–H groups in total. The van der Waals surface area contributed by atoms with Crippen molar-refractivity contribution in [1.82, 2.24) is 25.2 Å². The fourth-order valence-electron chi connectivity index (χ4n) is 3.09. The second-order valence-electron chi connectivity index (χ2n) is 6.37. The van der Waals surface area contributed by atoms with Crippen LogP contribution < -0.4 is 15.4 Å². The van der Waals surface area contributed by atoms with E-state index in [-0.39, 0.29) is 24.0 Å². The predicted octanol–water partition coefficient (Wildman–Crippen LogP) is 3.37. The fourth-order valence-corrected chi connectivity index (χ4v) is 3.09. The smallest absolute Gasteiger partial charge is 0.191 e. The summed E-state index contributed by atoms with van der Waals surface area (Å²) in [5.74, 6) is 2.41. The number of benzene rings is 2. The molecule has 0 atom stereocenters. The average Bonchev–Trinajstić information content (AvgIpc) is 3.16. The third kappa shape index (κ3) is 4.76. The van der Waals surface area contributed by atoms with Crippen molar-refractivity contribution in [3.63, 3.8) is 0 Å². The molecule has 0 aliphatic rings. The van der Waals surface area contributed by atoms with Crippen LogP contribution in [0.25, 0.3) is 16.4 Å². The molecule has 0 spiro atoms. The molecule has 0 fully saturated rings. The Morgan fingerprint density at radius 1 is 1.00 bits per heavy atom. The van der Waals surface area contributed by atoms with Gasteiger partial charge in [-0.3, -0.25) is 9.39 Å². The molecule has 0 amide bonds. The number of aliphatic imine (C=N–C) groups is 1. The van der Waals surface area contributed by atoms with Crippen molar-refractivity contribution in [1.29, 1.82) is 0 Å². The Kier molecular flexibility index (Phi) is 6.86. The number of nitrogens with one attached hydrogen (secondary N) is 2. The highest BCUT2D eigenvalue weighted by molar-refractivity contribution is 14.0. The molecule has 0 saturated heterocycles. The molecule has 0 unspecified atom stereocenters. The zero-order chi connectivity index (χ0) is 19.3. The van der Waals surface area contributed by atoms with Crippen LogP contribution in [0.2, 0.25) is 0 Å². The number of fused-ring (bicyclic) bond motifs is 2. The van der Waals surface area contributed by atoms with Crippen LogP contribution in [0.15, 0.2) is 65.8 Å². The summed E-state index contributed by atoms with van der Waals surface area (Å²) in [5.41, 5.74) is 2.00. The average molecular weight is 502 g/mol. The first-order valence-corrected chi connectivity index (χ1v) is 9.06. The van der Waals surface area contributed by atoms with Crippen molar-refractivity contribution in [3.8, 4) is 5.75 Å². The highest BCUT2D eigenvalue weighted by atomic mass is 127. The van der Waals surface area contributed by atoms with E-state index in [9.17, 15) is 0 Å². The number of halogens is 1. The molecule has 0 bridgehead atoms. The number of aromatic nitrogens is 3. The van der Waals surface area contributed by atoms with Crippen molar-refractivity contribution in [3.05, 3.63) is 72.2 Å². The van der Waals surface area contributed by atoms with E-state index < -0.39 is 0 Å². The van der Waals surface area contributed by atoms with Crippen molar-refractivity contribution in [2.45, 2.75) is 13.1 Å². The molecule has 150 valence electrons. The first-order valence-electron chi connectivity index (χ1n) is 9.06. The first kappa shape index (κ1) is 20.8. The van der Waals surface area contributed by atoms with Crippen LogP contribution in [0.3, 0.4) is 0 Å². The number of ether oxygens (including phenoxy) is 1. The van der Waals surface area contributed by atoms with E-state index in [1.807, 2.05) is 40.9 Å². The number of guanidine groups is 1. The second kappa shape index (κ2) is 9.55. The molecule has 0 aliphatic carbocycles. The summed E-state index contributed by atoms with van der Waals surface area (Å²) >= 11 is 0. The summed E-state index contributed by atoms with van der Waals surface area (Å²) in [4.78, 5) is 4.29. The van der Waals surface area contributed by atoms with Gasteiger partial charge < -0.3 is 15.4 Å². The standard InChI is InChI=1S/C21H22N6O.HI/c1-22-21(24-14-20-26-25-19-5-3-4-10-27(19)20)23-13-15-6-7-17-12-18(28-2)9-8-16(17)11-15;/h3-12H,13-14H2,1-2H3,(H2,22,23,24);1H. The molecule has 2 heterocycles. The van der Waals surface area contributed by atoms with Crippen LogP contribution in [0.1, 0.15) is 11.4 Å². The number of rotatable bonds is 5. The van der Waals surface area contributed by atoms with E-state index in [0.29, 0.717) is 19.0 Å². The maximum absolute atomic E-state index is 5.28. The van der Waals surface area contributed by atoms with Gasteiger partial charge in [-0.05, 0) is 46.7 Å². The lowest BCUT2D eigenvalue weighted by molar-refractivity contribution is 0.415. The number of hydrogen-bond acceptors (Lipinski definition) is 4. The van der Waals surface area contributed by atoms with Crippen molar-refractivity contribution < 1.29 is 4.74 Å². The molecule has 2 aromatic heterocycles. The monoisotopic (exact) mass is 502 g/mol. The lowest BCUT2D eigenvalue weighted by Gasteiger charge is -2.12. The molecule has 0 saturated carbocycles. The van der Waals surface area contributed by atoms with E-state index in [1.54, 1.807) is 14.2 Å². The van der Waals surface area contributed by atoms with E-state index in [4.69, 9.17) is 4.74 Å². The summed E-state index contributed by atoms with van der Waals surface area (Å²) in [5, 5.41) is 17.3. The van der Waals surface area contributed by atoms with Gasteiger partial charge in [0.15, 0.2) is 17.4 Å². The Balaban J connectivity index is 0.00000240. The van der Waals surface area contributed by atoms with E-state index >= 15 is 0 Å². The molecular formula is C21H23IN6O. The largest absolute Gasteiger partial charge is 0.497 e. The molecule has 0 radical (unpaired) electrons. The topological polar surface area (TPSA) is 75.8 Å². The van der Waals surface area contributed by atoms with Gasteiger partial charge in [-0.2, -0.15) is 0 Å². The SMILES string of the molecule is CN=C(NCc1ccc2cc(OC)ccc2c1)NCc1nnc2ccccn12.I. The first-order chi connectivity index (χ1) is 13.8. The van der Waals surface area contributed by atoms with Crippen LogP contribution >= 0.6 is 24.0 Å². The lowest BCUT2D eigenvalue weighted by atomic mass is 10.1. The second-order valence-corrected chi connectivity index (χ2v) is 6.37. The van der Waals surface area contributed by atoms with Crippen LogP contribution in [-0.4, -0.2) is 34.7 Å². The van der Waals surface area contributed by atoms with Gasteiger partial charge in [0.25, 0.3) is 0 Å². The molecular weight excluding hydrogens is 479 g/mol. The normalized spacial score (nSPS) is 11.3. The highest BCUT2D eigenvalue weighted by Crippen LogP contribution is 2.21. The highest BCUT2D eigenvalue weighted by Gasteiger charge is 2.06. The Bertz CT molecular complexity index is 1140. The van der Waals surface area contributed by atoms with Crippen LogP contribution in [0.5, 0.6) is 5.75 Å².